The molecule has 2 N–H and O–H groups in total. The molecule has 1 saturated heterocycles. The van der Waals surface area contributed by atoms with Gasteiger partial charge in [-0.25, -0.2) is 0 Å². The molecule has 1 heterocycles. The predicted molar refractivity (Wildman–Crippen MR) is 124 cm³/mol. The first kappa shape index (κ1) is 22.1. The van der Waals surface area contributed by atoms with Crippen molar-refractivity contribution in [2.75, 3.05) is 26.3 Å². The van der Waals surface area contributed by atoms with Crippen LogP contribution in [-0.2, 0) is 4.74 Å². The fraction of sp³-hybridized carbons (Fsp3) is 0.852. The van der Waals surface area contributed by atoms with Crippen LogP contribution in [0, 0.1) is 23.2 Å². The lowest BCUT2D eigenvalue weighted by atomic mass is 9.61. The highest BCUT2D eigenvalue weighted by atomic mass is 16.5. The molecule has 0 amide bonds. The highest BCUT2D eigenvalue weighted by Crippen LogP contribution is 2.59. The van der Waals surface area contributed by atoms with E-state index in [-0.39, 0.29) is 12.2 Å². The van der Waals surface area contributed by atoms with Crippen LogP contribution in [0.4, 0.5) is 0 Å². The zero-order chi connectivity index (χ0) is 21.6. The number of fused-ring (bicyclic) bond motifs is 1. The normalized spacial score (nSPS) is 42.6. The lowest BCUT2D eigenvalue weighted by molar-refractivity contribution is -0.0357. The molecule has 6 atom stereocenters. The van der Waals surface area contributed by atoms with E-state index in [0.717, 1.165) is 44.4 Å². The standard InChI is InChI=1S/C27H43NO3/c1-19(17-28-12-13-31-18-27(28)10-11-27)24-7-8-25-21(4-3-9-26(24,25)2)6-5-20-14-22(29)16-23(30)15-20/h5-6,19,22-25,29-30H,3-4,7-18H2,1-2H3/t19?,22-,23-,24-,25+,26-/m1/s1. The molecular weight excluding hydrogens is 386 g/mol. The fourth-order valence-electron chi connectivity index (χ4n) is 7.87. The third kappa shape index (κ3) is 4.30. The number of morpholine rings is 1. The molecule has 0 aromatic heterocycles. The van der Waals surface area contributed by atoms with Gasteiger partial charge >= 0.3 is 0 Å². The molecule has 5 aliphatic rings. The van der Waals surface area contributed by atoms with E-state index in [1.807, 2.05) is 0 Å². The summed E-state index contributed by atoms with van der Waals surface area (Å²) in [6.07, 6.45) is 15.1. The van der Waals surface area contributed by atoms with Crippen molar-refractivity contribution < 1.29 is 14.9 Å². The van der Waals surface area contributed by atoms with Gasteiger partial charge < -0.3 is 14.9 Å². The lowest BCUT2D eigenvalue weighted by Crippen LogP contribution is -2.50. The van der Waals surface area contributed by atoms with Gasteiger partial charge in [-0.15, -0.1) is 0 Å². The Bertz CT molecular complexity index is 714. The largest absolute Gasteiger partial charge is 0.393 e. The predicted octanol–water partition coefficient (Wildman–Crippen LogP) is 4.46. The Balaban J connectivity index is 1.28. The monoisotopic (exact) mass is 429 g/mol. The van der Waals surface area contributed by atoms with Gasteiger partial charge in [0, 0.05) is 18.6 Å². The van der Waals surface area contributed by atoms with Crippen LogP contribution in [0.3, 0.4) is 0 Å². The van der Waals surface area contributed by atoms with Gasteiger partial charge in [0.05, 0.1) is 25.4 Å². The van der Waals surface area contributed by atoms with E-state index in [2.05, 4.69) is 30.9 Å². The SMILES string of the molecule is CC(CN1CCOCC12CC2)[C@H]1CC[C@H]2C(=CC=C3C[C@@H](O)C[C@H](O)C3)CCC[C@]12C. The lowest BCUT2D eigenvalue weighted by Gasteiger charge is -2.46. The second-order valence-corrected chi connectivity index (χ2v) is 11.8. The number of rotatable bonds is 4. The van der Waals surface area contributed by atoms with Crippen molar-refractivity contribution in [1.29, 1.82) is 0 Å². The molecule has 4 saturated carbocycles. The molecule has 0 aromatic rings. The van der Waals surface area contributed by atoms with E-state index >= 15 is 0 Å². The number of allylic oxidation sites excluding steroid dienone is 3. The van der Waals surface area contributed by atoms with Crippen LogP contribution in [0.15, 0.2) is 23.3 Å². The van der Waals surface area contributed by atoms with E-state index in [0.29, 0.717) is 23.3 Å². The van der Waals surface area contributed by atoms with E-state index in [1.165, 1.54) is 57.1 Å². The molecular formula is C27H43NO3. The van der Waals surface area contributed by atoms with Crippen LogP contribution >= 0.6 is 0 Å². The summed E-state index contributed by atoms with van der Waals surface area (Å²) in [5.74, 6) is 2.27. The maximum Gasteiger partial charge on any atom is 0.0651 e. The maximum absolute atomic E-state index is 10.0. The second kappa shape index (κ2) is 8.59. The molecule has 4 aliphatic carbocycles. The Labute approximate surface area is 188 Å². The first-order chi connectivity index (χ1) is 14.9. The third-order valence-corrected chi connectivity index (χ3v) is 9.68. The topological polar surface area (TPSA) is 52.9 Å². The zero-order valence-electron chi connectivity index (χ0n) is 19.7. The van der Waals surface area contributed by atoms with Crippen LogP contribution in [0.25, 0.3) is 0 Å². The number of aliphatic hydroxyl groups is 2. The van der Waals surface area contributed by atoms with Gasteiger partial charge in [-0.3, -0.25) is 4.90 Å². The van der Waals surface area contributed by atoms with Gasteiger partial charge in [-0.05, 0) is 87.4 Å². The van der Waals surface area contributed by atoms with Crippen molar-refractivity contribution in [1.82, 2.24) is 4.90 Å². The molecule has 4 heteroatoms. The van der Waals surface area contributed by atoms with Crippen molar-refractivity contribution in [3.63, 3.8) is 0 Å². The molecule has 0 radical (unpaired) electrons. The molecule has 0 aromatic carbocycles. The Hall–Kier alpha value is -0.680. The molecule has 1 unspecified atom stereocenters. The molecule has 5 fully saturated rings. The molecule has 174 valence electrons. The van der Waals surface area contributed by atoms with Gasteiger partial charge in [0.15, 0.2) is 0 Å². The second-order valence-electron chi connectivity index (χ2n) is 11.8. The zero-order valence-corrected chi connectivity index (χ0v) is 19.7. The molecule has 0 bridgehead atoms. The molecule has 31 heavy (non-hydrogen) atoms. The van der Waals surface area contributed by atoms with Crippen molar-refractivity contribution in [2.45, 2.75) is 95.8 Å². The quantitative estimate of drug-likeness (QED) is 0.693. The highest BCUT2D eigenvalue weighted by molar-refractivity contribution is 5.26. The number of hydrogen-bond donors (Lipinski definition) is 2. The summed E-state index contributed by atoms with van der Waals surface area (Å²) in [5.41, 5.74) is 3.67. The first-order valence-corrected chi connectivity index (χ1v) is 13.0. The summed E-state index contributed by atoms with van der Waals surface area (Å²) in [5, 5.41) is 20.0. The summed E-state index contributed by atoms with van der Waals surface area (Å²) in [6.45, 7) is 9.34. The fourth-order valence-corrected chi connectivity index (χ4v) is 7.87. The number of ether oxygens (including phenoxy) is 1. The van der Waals surface area contributed by atoms with Crippen molar-refractivity contribution in [3.8, 4) is 0 Å². The Morgan fingerprint density at radius 3 is 2.65 bits per heavy atom. The maximum atomic E-state index is 10.0. The van der Waals surface area contributed by atoms with Crippen LogP contribution in [0.1, 0.15) is 78.1 Å². The van der Waals surface area contributed by atoms with Gasteiger partial charge in [0.1, 0.15) is 0 Å². The minimum atomic E-state index is -0.378. The van der Waals surface area contributed by atoms with E-state index < -0.39 is 0 Å². The number of nitrogens with zero attached hydrogens (tertiary/aromatic N) is 1. The minimum absolute atomic E-state index is 0.378. The van der Waals surface area contributed by atoms with Crippen molar-refractivity contribution in [2.24, 2.45) is 23.2 Å². The summed E-state index contributed by atoms with van der Waals surface area (Å²) < 4.78 is 5.81. The van der Waals surface area contributed by atoms with Gasteiger partial charge in [-0.1, -0.05) is 37.1 Å². The summed E-state index contributed by atoms with van der Waals surface area (Å²) in [4.78, 5) is 2.78. The summed E-state index contributed by atoms with van der Waals surface area (Å²) in [6, 6.07) is 0. The third-order valence-electron chi connectivity index (χ3n) is 9.68. The van der Waals surface area contributed by atoms with Gasteiger partial charge in [-0.2, -0.15) is 0 Å². The molecule has 4 nitrogen and oxygen atoms in total. The number of aliphatic hydroxyl groups excluding tert-OH is 2. The van der Waals surface area contributed by atoms with Crippen LogP contribution < -0.4 is 0 Å². The Morgan fingerprint density at radius 2 is 1.90 bits per heavy atom. The average Bonchev–Trinajstić information content (AvgIpc) is 3.39. The first-order valence-electron chi connectivity index (χ1n) is 13.0. The Morgan fingerprint density at radius 1 is 1.13 bits per heavy atom. The Kier molecular flexibility index (Phi) is 6.13. The van der Waals surface area contributed by atoms with Crippen LogP contribution in [0.5, 0.6) is 0 Å². The van der Waals surface area contributed by atoms with Crippen molar-refractivity contribution in [3.05, 3.63) is 23.3 Å². The molecule has 1 spiro atoms. The molecule has 1 aliphatic heterocycles. The van der Waals surface area contributed by atoms with Gasteiger partial charge in [0.25, 0.3) is 0 Å². The summed E-state index contributed by atoms with van der Waals surface area (Å²) >= 11 is 0. The van der Waals surface area contributed by atoms with Crippen LogP contribution in [-0.4, -0.2) is 59.2 Å². The van der Waals surface area contributed by atoms with Gasteiger partial charge in [0.2, 0.25) is 0 Å². The van der Waals surface area contributed by atoms with Crippen LogP contribution in [0.2, 0.25) is 0 Å². The smallest absolute Gasteiger partial charge is 0.0651 e. The van der Waals surface area contributed by atoms with E-state index in [9.17, 15) is 10.2 Å². The van der Waals surface area contributed by atoms with E-state index in [4.69, 9.17) is 4.74 Å². The minimum Gasteiger partial charge on any atom is -0.393 e. The number of hydrogen-bond acceptors (Lipinski definition) is 4. The van der Waals surface area contributed by atoms with E-state index in [1.54, 1.807) is 5.57 Å². The molecule has 5 rings (SSSR count). The summed E-state index contributed by atoms with van der Waals surface area (Å²) in [7, 11) is 0. The highest BCUT2D eigenvalue weighted by Gasteiger charge is 2.53. The van der Waals surface area contributed by atoms with Crippen molar-refractivity contribution >= 4 is 0 Å². The average molecular weight is 430 g/mol.